The van der Waals surface area contributed by atoms with Crippen LogP contribution in [-0.2, 0) is 10.0 Å². The van der Waals surface area contributed by atoms with Gasteiger partial charge in [0.1, 0.15) is 12.1 Å². The van der Waals surface area contributed by atoms with Crippen LogP contribution in [0.4, 0.5) is 5.82 Å². The maximum Gasteiger partial charge on any atom is 0.243 e. The minimum absolute atomic E-state index is 0.400. The van der Waals surface area contributed by atoms with Crippen LogP contribution in [-0.4, -0.2) is 58.7 Å². The van der Waals surface area contributed by atoms with Crippen LogP contribution in [0.15, 0.2) is 47.9 Å². The Morgan fingerprint density at radius 3 is 2.24 bits per heavy atom. The van der Waals surface area contributed by atoms with Gasteiger partial charge in [-0.1, -0.05) is 6.07 Å². The van der Waals surface area contributed by atoms with Crippen molar-refractivity contribution in [3.05, 3.63) is 59.7 Å². The lowest BCUT2D eigenvalue weighted by molar-refractivity contribution is 0.383. The molecule has 0 amide bonds. The average Bonchev–Trinajstić information content (AvgIpc) is 3.26. The van der Waals surface area contributed by atoms with Gasteiger partial charge in [0.2, 0.25) is 10.0 Å². The molecule has 0 aliphatic carbocycles. The van der Waals surface area contributed by atoms with Crippen LogP contribution in [0.3, 0.4) is 0 Å². The molecule has 0 radical (unpaired) electrons. The number of piperazine rings is 1. The van der Waals surface area contributed by atoms with E-state index < -0.39 is 10.0 Å². The van der Waals surface area contributed by atoms with Gasteiger partial charge >= 0.3 is 0 Å². The molecular weight excluding hydrogens is 388 g/mol. The number of aromatic nitrogens is 4. The summed E-state index contributed by atoms with van der Waals surface area (Å²) in [5, 5.41) is 4.19. The van der Waals surface area contributed by atoms with Crippen molar-refractivity contribution in [3.8, 4) is 5.82 Å². The van der Waals surface area contributed by atoms with Gasteiger partial charge in [-0.2, -0.15) is 9.40 Å². The van der Waals surface area contributed by atoms with Crippen molar-refractivity contribution >= 4 is 15.8 Å². The predicted molar refractivity (Wildman–Crippen MR) is 111 cm³/mol. The van der Waals surface area contributed by atoms with E-state index in [-0.39, 0.29) is 0 Å². The number of aryl methyl sites for hydroxylation is 3. The van der Waals surface area contributed by atoms with Crippen LogP contribution >= 0.6 is 0 Å². The molecule has 0 N–H and O–H groups in total. The summed E-state index contributed by atoms with van der Waals surface area (Å²) in [6.45, 7) is 7.75. The van der Waals surface area contributed by atoms with E-state index in [2.05, 4.69) is 20.0 Å². The van der Waals surface area contributed by atoms with Crippen LogP contribution in [0, 0.1) is 20.8 Å². The average molecular weight is 413 g/mol. The molecular formula is C20H24N6O2S. The Hall–Kier alpha value is -2.78. The lowest BCUT2D eigenvalue weighted by Gasteiger charge is -2.35. The van der Waals surface area contributed by atoms with Gasteiger partial charge in [-0.25, -0.2) is 23.1 Å². The van der Waals surface area contributed by atoms with E-state index in [1.807, 2.05) is 45.2 Å². The number of nitrogens with zero attached hydrogens (tertiary/aromatic N) is 6. The van der Waals surface area contributed by atoms with Gasteiger partial charge in [0.25, 0.3) is 0 Å². The smallest absolute Gasteiger partial charge is 0.243 e. The molecule has 0 spiro atoms. The molecule has 1 fully saturated rings. The fourth-order valence-electron chi connectivity index (χ4n) is 3.55. The first-order valence-electron chi connectivity index (χ1n) is 9.51. The van der Waals surface area contributed by atoms with E-state index in [0.717, 1.165) is 22.5 Å². The number of sulfonamides is 1. The minimum atomic E-state index is -3.52. The molecule has 0 bridgehead atoms. The topological polar surface area (TPSA) is 84.2 Å². The molecule has 3 aromatic rings. The molecule has 29 heavy (non-hydrogen) atoms. The highest BCUT2D eigenvalue weighted by Gasteiger charge is 2.30. The summed E-state index contributed by atoms with van der Waals surface area (Å²) in [6, 6.07) is 7.42. The van der Waals surface area contributed by atoms with Gasteiger partial charge in [0, 0.05) is 44.6 Å². The van der Waals surface area contributed by atoms with Crippen LogP contribution in [0.2, 0.25) is 0 Å². The van der Waals surface area contributed by atoms with Gasteiger partial charge in [0.15, 0.2) is 5.82 Å². The van der Waals surface area contributed by atoms with Crippen LogP contribution in [0.1, 0.15) is 16.7 Å². The number of benzene rings is 1. The van der Waals surface area contributed by atoms with Crippen molar-refractivity contribution in [3.63, 3.8) is 0 Å². The molecule has 8 nitrogen and oxygen atoms in total. The lowest BCUT2D eigenvalue weighted by Crippen LogP contribution is -2.49. The third-order valence-corrected chi connectivity index (χ3v) is 7.39. The third kappa shape index (κ3) is 3.75. The Labute approximate surface area is 170 Å². The van der Waals surface area contributed by atoms with Crippen molar-refractivity contribution in [2.24, 2.45) is 0 Å². The third-order valence-electron chi connectivity index (χ3n) is 5.35. The molecule has 0 atom stereocenters. The monoisotopic (exact) mass is 412 g/mol. The second kappa shape index (κ2) is 7.57. The zero-order chi connectivity index (χ0) is 20.6. The zero-order valence-electron chi connectivity index (χ0n) is 16.8. The molecule has 4 rings (SSSR count). The maximum absolute atomic E-state index is 13.2. The first-order chi connectivity index (χ1) is 13.9. The number of anilines is 1. The molecule has 0 unspecified atom stereocenters. The van der Waals surface area contributed by atoms with Crippen LogP contribution in [0.25, 0.3) is 5.82 Å². The van der Waals surface area contributed by atoms with E-state index in [4.69, 9.17) is 0 Å². The molecule has 9 heteroatoms. The second-order valence-electron chi connectivity index (χ2n) is 7.28. The fourth-order valence-corrected chi connectivity index (χ4v) is 5.26. The van der Waals surface area contributed by atoms with Crippen molar-refractivity contribution in [2.75, 3.05) is 31.1 Å². The molecule has 1 aliphatic rings. The molecule has 0 saturated carbocycles. The van der Waals surface area contributed by atoms with Crippen molar-refractivity contribution in [1.82, 2.24) is 24.1 Å². The zero-order valence-corrected chi connectivity index (χ0v) is 17.6. The van der Waals surface area contributed by atoms with Gasteiger partial charge in [0.05, 0.1) is 4.90 Å². The fraction of sp³-hybridized carbons (Fsp3) is 0.350. The standard InChI is InChI=1S/C20H24N6O2S/c1-15-11-17(3)18(12-16(15)2)29(27,28)25-9-7-24(8-10-25)19-13-20(22-14-21-19)26-6-4-5-23-26/h4-6,11-14H,7-10H2,1-3H3. The molecule has 152 valence electrons. The van der Waals surface area contributed by atoms with Crippen molar-refractivity contribution in [2.45, 2.75) is 25.7 Å². The van der Waals surface area contributed by atoms with Crippen LogP contribution in [0.5, 0.6) is 0 Å². The maximum atomic E-state index is 13.2. The summed E-state index contributed by atoms with van der Waals surface area (Å²) in [6.07, 6.45) is 5.02. The van der Waals surface area contributed by atoms with Gasteiger partial charge in [-0.3, -0.25) is 0 Å². The summed E-state index contributed by atoms with van der Waals surface area (Å²) >= 11 is 0. The Bertz CT molecular complexity index is 1120. The van der Waals surface area contributed by atoms with Gasteiger partial charge < -0.3 is 4.90 Å². The molecule has 1 aliphatic heterocycles. The van der Waals surface area contributed by atoms with Gasteiger partial charge in [-0.05, 0) is 49.6 Å². The normalized spacial score (nSPS) is 15.6. The summed E-state index contributed by atoms with van der Waals surface area (Å²) in [5.41, 5.74) is 2.87. The highest BCUT2D eigenvalue weighted by molar-refractivity contribution is 7.89. The largest absolute Gasteiger partial charge is 0.354 e. The Morgan fingerprint density at radius 2 is 1.55 bits per heavy atom. The van der Waals surface area contributed by atoms with E-state index in [9.17, 15) is 8.42 Å². The highest BCUT2D eigenvalue weighted by Crippen LogP contribution is 2.25. The lowest BCUT2D eigenvalue weighted by atomic mass is 10.1. The molecule has 1 saturated heterocycles. The second-order valence-corrected chi connectivity index (χ2v) is 9.18. The van der Waals surface area contributed by atoms with E-state index in [1.165, 1.54) is 6.33 Å². The Balaban J connectivity index is 1.51. The molecule has 1 aromatic carbocycles. The first kappa shape index (κ1) is 19.5. The van der Waals surface area contributed by atoms with E-state index >= 15 is 0 Å². The first-order valence-corrected chi connectivity index (χ1v) is 11.0. The number of rotatable bonds is 4. The van der Waals surface area contributed by atoms with E-state index in [0.29, 0.717) is 36.9 Å². The van der Waals surface area contributed by atoms with Crippen molar-refractivity contribution < 1.29 is 8.42 Å². The summed E-state index contributed by atoms with van der Waals surface area (Å²) < 4.78 is 29.6. The van der Waals surface area contributed by atoms with Gasteiger partial charge in [-0.15, -0.1) is 0 Å². The number of hydrogen-bond donors (Lipinski definition) is 0. The Morgan fingerprint density at radius 1 is 0.862 bits per heavy atom. The van der Waals surface area contributed by atoms with E-state index in [1.54, 1.807) is 21.3 Å². The van der Waals surface area contributed by atoms with Crippen molar-refractivity contribution in [1.29, 1.82) is 0 Å². The Kier molecular flexibility index (Phi) is 5.10. The minimum Gasteiger partial charge on any atom is -0.354 e. The van der Waals surface area contributed by atoms with Crippen LogP contribution < -0.4 is 4.90 Å². The summed E-state index contributed by atoms with van der Waals surface area (Å²) in [7, 11) is -3.52. The molecule has 2 aromatic heterocycles. The summed E-state index contributed by atoms with van der Waals surface area (Å²) in [4.78, 5) is 11.1. The quantitative estimate of drug-likeness (QED) is 0.653. The predicted octanol–water partition coefficient (Wildman–Crippen LogP) is 2.10. The number of hydrogen-bond acceptors (Lipinski definition) is 6. The highest BCUT2D eigenvalue weighted by atomic mass is 32.2. The SMILES string of the molecule is Cc1cc(C)c(S(=O)(=O)N2CCN(c3cc(-n4cccn4)ncn3)CC2)cc1C. The molecule has 3 heterocycles. The summed E-state index contributed by atoms with van der Waals surface area (Å²) in [5.74, 6) is 1.45.